The monoisotopic (exact) mass is 283 g/mol. The Balaban J connectivity index is 2.04. The van der Waals surface area contributed by atoms with Crippen molar-refractivity contribution in [3.63, 3.8) is 0 Å². The van der Waals surface area contributed by atoms with Gasteiger partial charge in [0.1, 0.15) is 24.1 Å². The van der Waals surface area contributed by atoms with Crippen LogP contribution in [0.3, 0.4) is 0 Å². The lowest BCUT2D eigenvalue weighted by Crippen LogP contribution is -2.34. The zero-order chi connectivity index (χ0) is 14.3. The molecule has 1 saturated heterocycles. The molecule has 1 aliphatic rings. The number of ether oxygens (including phenoxy) is 1. The van der Waals surface area contributed by atoms with Crippen molar-refractivity contribution in [2.45, 2.75) is 24.5 Å². The maximum atomic E-state index is 9.88. The van der Waals surface area contributed by atoms with Crippen molar-refractivity contribution < 1.29 is 25.1 Å². The van der Waals surface area contributed by atoms with E-state index in [9.17, 15) is 5.11 Å². The van der Waals surface area contributed by atoms with Crippen LogP contribution in [0.5, 0.6) is 0 Å². The van der Waals surface area contributed by atoms with Crippen molar-refractivity contribution in [2.75, 3.05) is 12.3 Å². The molecule has 0 unspecified atom stereocenters. The smallest absolute Gasteiger partial charge is 0.169 e. The van der Waals surface area contributed by atoms with E-state index < -0.39 is 31.1 Å². The number of nitrogens with zero attached hydrogens (tertiary/aromatic N) is 4. The molecule has 20 heavy (non-hydrogen) atoms. The van der Waals surface area contributed by atoms with Gasteiger partial charge in [0, 0.05) is 0 Å². The number of imidazole rings is 1. The summed E-state index contributed by atoms with van der Waals surface area (Å²) in [4.78, 5) is 16.2. The summed E-state index contributed by atoms with van der Waals surface area (Å²) in [6, 6.07) is 0. The fourth-order valence-electron chi connectivity index (χ4n) is 2.26. The van der Waals surface area contributed by atoms with E-state index >= 15 is 0 Å². The first-order chi connectivity index (χ1) is 9.67. The number of hydrogen-bond acceptors (Lipinski definition) is 9. The lowest BCUT2D eigenvalue weighted by Gasteiger charge is -2.18. The van der Waals surface area contributed by atoms with Crippen molar-refractivity contribution in [1.82, 2.24) is 19.5 Å². The molecule has 10 nitrogen and oxygen atoms in total. The van der Waals surface area contributed by atoms with Crippen LogP contribution in [0.15, 0.2) is 12.7 Å². The van der Waals surface area contributed by atoms with Crippen LogP contribution in [0.4, 0.5) is 5.82 Å². The first kappa shape index (κ1) is 13.1. The molecule has 0 aliphatic carbocycles. The molecule has 0 amide bonds. The maximum Gasteiger partial charge on any atom is 0.169 e. The third-order valence-corrected chi connectivity index (χ3v) is 3.28. The van der Waals surface area contributed by atoms with E-state index in [-0.39, 0.29) is 5.82 Å². The number of nitrogen functional groups attached to an aromatic ring is 1. The summed E-state index contributed by atoms with van der Waals surface area (Å²) in [5.74, 6) is 0.201. The van der Waals surface area contributed by atoms with Gasteiger partial charge in [-0.15, -0.1) is 0 Å². The molecule has 1 aliphatic heterocycles. The molecular formula is C10H13N5O5. The molecule has 0 saturated carbocycles. The van der Waals surface area contributed by atoms with Crippen molar-refractivity contribution in [2.24, 2.45) is 0 Å². The summed E-state index contributed by atoms with van der Waals surface area (Å²) < 4.78 is 6.91. The molecule has 3 rings (SSSR count). The van der Waals surface area contributed by atoms with Crippen LogP contribution in [0.25, 0.3) is 11.2 Å². The van der Waals surface area contributed by atoms with E-state index in [0.717, 1.165) is 0 Å². The molecule has 0 aromatic carbocycles. The van der Waals surface area contributed by atoms with E-state index in [4.69, 9.17) is 20.8 Å². The maximum absolute atomic E-state index is 9.88. The minimum atomic E-state index is -1.19. The quantitative estimate of drug-likeness (QED) is 0.390. The highest BCUT2D eigenvalue weighted by Crippen LogP contribution is 2.33. The zero-order valence-electron chi connectivity index (χ0n) is 10.2. The molecule has 5 N–H and O–H groups in total. The molecular weight excluding hydrogens is 270 g/mol. The highest BCUT2D eigenvalue weighted by atomic mass is 17.1. The molecule has 0 spiro atoms. The summed E-state index contributed by atoms with van der Waals surface area (Å²) in [6.07, 6.45) is -1.40. The molecule has 10 heteroatoms. The van der Waals surface area contributed by atoms with Gasteiger partial charge in [-0.2, -0.15) is 0 Å². The Morgan fingerprint density at radius 1 is 1.40 bits per heavy atom. The van der Waals surface area contributed by atoms with Crippen LogP contribution in [0, 0.1) is 0 Å². The van der Waals surface area contributed by atoms with Crippen molar-refractivity contribution >= 4 is 17.0 Å². The average molecular weight is 283 g/mol. The summed E-state index contributed by atoms with van der Waals surface area (Å²) >= 11 is 0. The second kappa shape index (κ2) is 4.92. The van der Waals surface area contributed by atoms with Gasteiger partial charge in [0.05, 0.1) is 12.9 Å². The number of hydrogen-bond donors (Lipinski definition) is 4. The fraction of sp³-hybridized carbons (Fsp3) is 0.500. The van der Waals surface area contributed by atoms with Crippen LogP contribution in [-0.4, -0.2) is 59.9 Å². The summed E-state index contributed by atoms with van der Waals surface area (Å²) in [5.41, 5.74) is 6.42. The Labute approximate surface area is 112 Å². The SMILES string of the molecule is Nc1ncnc2c1ncn2[C@@H]1O[C@H](CO)[C@H](O)[C@H]1OO. The lowest BCUT2D eigenvalue weighted by molar-refractivity contribution is -0.305. The second-order valence-corrected chi connectivity index (χ2v) is 4.39. The average Bonchev–Trinajstić information content (AvgIpc) is 3.00. The molecule has 0 radical (unpaired) electrons. The van der Waals surface area contributed by atoms with Crippen LogP contribution in [-0.2, 0) is 9.62 Å². The Morgan fingerprint density at radius 2 is 2.20 bits per heavy atom. The molecule has 2 aromatic rings. The van der Waals surface area contributed by atoms with Crippen LogP contribution in [0.1, 0.15) is 6.23 Å². The number of nitrogens with two attached hydrogens (primary N) is 1. The van der Waals surface area contributed by atoms with E-state index in [1.807, 2.05) is 0 Å². The number of aliphatic hydroxyl groups is 2. The van der Waals surface area contributed by atoms with Crippen molar-refractivity contribution in [3.8, 4) is 0 Å². The first-order valence-electron chi connectivity index (χ1n) is 5.85. The van der Waals surface area contributed by atoms with Crippen LogP contribution < -0.4 is 5.73 Å². The van der Waals surface area contributed by atoms with Crippen molar-refractivity contribution in [1.29, 1.82) is 0 Å². The minimum Gasteiger partial charge on any atom is -0.394 e. The van der Waals surface area contributed by atoms with Gasteiger partial charge in [-0.1, -0.05) is 0 Å². The number of anilines is 1. The van der Waals surface area contributed by atoms with Crippen LogP contribution in [0.2, 0.25) is 0 Å². The van der Waals surface area contributed by atoms with Crippen LogP contribution >= 0.6 is 0 Å². The molecule has 0 bridgehead atoms. The lowest BCUT2D eigenvalue weighted by atomic mass is 10.1. The normalized spacial score (nSPS) is 30.1. The van der Waals surface area contributed by atoms with E-state index in [2.05, 4.69) is 19.8 Å². The molecule has 108 valence electrons. The van der Waals surface area contributed by atoms with Crippen molar-refractivity contribution in [3.05, 3.63) is 12.7 Å². The summed E-state index contributed by atoms with van der Waals surface area (Å²) in [7, 11) is 0. The van der Waals surface area contributed by atoms with Gasteiger partial charge in [0.2, 0.25) is 0 Å². The fourth-order valence-corrected chi connectivity index (χ4v) is 2.26. The van der Waals surface area contributed by atoms with Gasteiger partial charge in [0.25, 0.3) is 0 Å². The standard InChI is InChI=1S/C10H13N5O5/c11-8-5-9(13-2-12-8)15(3-14-5)10-7(20-18)6(17)4(1-16)19-10/h2-4,6-7,10,16-18H,1H2,(H2,11,12,13)/t4-,6+,7-,10-/m1/s1. The highest BCUT2D eigenvalue weighted by Gasteiger charge is 2.46. The summed E-state index contributed by atoms with van der Waals surface area (Å²) in [5, 5.41) is 27.9. The third-order valence-electron chi connectivity index (χ3n) is 3.28. The number of rotatable bonds is 3. The zero-order valence-corrected chi connectivity index (χ0v) is 10.2. The van der Waals surface area contributed by atoms with Gasteiger partial charge in [-0.3, -0.25) is 9.82 Å². The van der Waals surface area contributed by atoms with Gasteiger partial charge in [0.15, 0.2) is 23.8 Å². The van der Waals surface area contributed by atoms with Gasteiger partial charge in [-0.05, 0) is 0 Å². The predicted octanol–water partition coefficient (Wildman–Crippen LogP) is -1.48. The highest BCUT2D eigenvalue weighted by molar-refractivity contribution is 5.81. The predicted molar refractivity (Wildman–Crippen MR) is 64.2 cm³/mol. The Morgan fingerprint density at radius 3 is 2.90 bits per heavy atom. The van der Waals surface area contributed by atoms with E-state index in [1.54, 1.807) is 0 Å². The Hall–Kier alpha value is -1.85. The molecule has 3 heterocycles. The first-order valence-corrected chi connectivity index (χ1v) is 5.85. The van der Waals surface area contributed by atoms with Gasteiger partial charge in [-0.25, -0.2) is 19.8 Å². The topological polar surface area (TPSA) is 149 Å². The second-order valence-electron chi connectivity index (χ2n) is 4.39. The van der Waals surface area contributed by atoms with E-state index in [1.165, 1.54) is 17.2 Å². The number of fused-ring (bicyclic) bond motifs is 1. The van der Waals surface area contributed by atoms with E-state index in [0.29, 0.717) is 11.2 Å². The molecule has 4 atom stereocenters. The summed E-state index contributed by atoms with van der Waals surface area (Å²) in [6.45, 7) is -0.415. The van der Waals surface area contributed by atoms with Gasteiger partial charge < -0.3 is 20.7 Å². The third kappa shape index (κ3) is 1.82. The van der Waals surface area contributed by atoms with Gasteiger partial charge >= 0.3 is 0 Å². The molecule has 2 aromatic heterocycles. The largest absolute Gasteiger partial charge is 0.394 e. The Bertz CT molecular complexity index is 619. The molecule has 1 fully saturated rings. The Kier molecular flexibility index (Phi) is 3.23. The number of aromatic nitrogens is 4. The minimum absolute atomic E-state index is 0.201. The number of aliphatic hydroxyl groups excluding tert-OH is 2.